The maximum absolute atomic E-state index is 8.81. The summed E-state index contributed by atoms with van der Waals surface area (Å²) in [7, 11) is -1.70. The minimum atomic E-state index is -2.50. The van der Waals surface area contributed by atoms with Crippen molar-refractivity contribution in [2.75, 3.05) is 0 Å². The van der Waals surface area contributed by atoms with Crippen molar-refractivity contribution < 1.29 is 34.1 Å². The molecule has 0 atom stereocenters. The number of aromatic nitrogens is 2. The third-order valence-electron chi connectivity index (χ3n) is 8.42. The van der Waals surface area contributed by atoms with Gasteiger partial charge in [-0.05, 0) is 69.8 Å². The number of fused-ring (bicyclic) bond motifs is 3. The third kappa shape index (κ3) is 9.89. The molecular formula is C48H52IrN2OSi-2. The van der Waals surface area contributed by atoms with Crippen LogP contribution in [0.4, 0.5) is 0 Å². The molecule has 0 spiro atoms. The van der Waals surface area contributed by atoms with Crippen LogP contribution in [-0.4, -0.2) is 18.0 Å². The van der Waals surface area contributed by atoms with Gasteiger partial charge in [0.15, 0.2) is 0 Å². The quantitative estimate of drug-likeness (QED) is 0.123. The fourth-order valence-corrected chi connectivity index (χ4v) is 7.50. The fraction of sp³-hybridized carbons (Fsp3) is 0.292. The van der Waals surface area contributed by atoms with Gasteiger partial charge >= 0.3 is 0 Å². The van der Waals surface area contributed by atoms with Crippen LogP contribution in [0.1, 0.15) is 67.8 Å². The van der Waals surface area contributed by atoms with E-state index in [4.69, 9.17) is 14.0 Å². The summed E-state index contributed by atoms with van der Waals surface area (Å²) >= 11 is 0. The van der Waals surface area contributed by atoms with Crippen molar-refractivity contribution in [1.29, 1.82) is 0 Å². The Balaban J connectivity index is 0.000000247. The molecule has 0 N–H and O–H groups in total. The first-order valence-corrected chi connectivity index (χ1v) is 21.2. The second-order valence-electron chi connectivity index (χ2n) is 16.3. The molecule has 4 aromatic carbocycles. The Kier molecular flexibility index (Phi) is 9.46. The summed E-state index contributed by atoms with van der Waals surface area (Å²) in [6.45, 7) is 15.3. The van der Waals surface area contributed by atoms with Gasteiger partial charge in [-0.2, -0.15) is 0 Å². The molecular weight excluding hydrogens is 841 g/mol. The number of hydrogen-bond donors (Lipinski definition) is 0. The SMILES string of the molecule is [2H]C([2H])([2H])c1cnc(-c2[c-]ccc3c2oc2cc(-c4ccccc4)ccc23)cc1C([2H])([2H])C(C)(C)C.[2H]C([2H])(c1cc(-c2[c-]cccc2)ncc1[Si](C)(C)C)C(C)(C)C.[Ir]. The molecule has 0 aliphatic heterocycles. The van der Waals surface area contributed by atoms with Gasteiger partial charge in [0.25, 0.3) is 0 Å². The van der Waals surface area contributed by atoms with Crippen molar-refractivity contribution >= 4 is 35.2 Å². The third-order valence-corrected chi connectivity index (χ3v) is 10.4. The van der Waals surface area contributed by atoms with Crippen molar-refractivity contribution in [2.45, 2.75) is 80.8 Å². The van der Waals surface area contributed by atoms with E-state index in [0.29, 0.717) is 16.8 Å². The zero-order valence-corrected chi connectivity index (χ0v) is 35.4. The predicted octanol–water partition coefficient (Wildman–Crippen LogP) is 12.7. The minimum Gasteiger partial charge on any atom is -0.501 e. The first-order valence-electron chi connectivity index (χ1n) is 21.2. The molecule has 3 heterocycles. The van der Waals surface area contributed by atoms with Gasteiger partial charge in [-0.3, -0.25) is 0 Å². The van der Waals surface area contributed by atoms with Gasteiger partial charge < -0.3 is 14.4 Å². The molecule has 5 heteroatoms. The second kappa shape index (κ2) is 16.1. The molecule has 7 rings (SSSR count). The van der Waals surface area contributed by atoms with Gasteiger partial charge in [-0.15, -0.1) is 54.1 Å². The van der Waals surface area contributed by atoms with Crippen LogP contribution in [0.15, 0.2) is 114 Å². The van der Waals surface area contributed by atoms with E-state index >= 15 is 0 Å². The van der Waals surface area contributed by atoms with Crippen LogP contribution in [0.5, 0.6) is 0 Å². The Bertz CT molecular complexity index is 2610. The summed E-state index contributed by atoms with van der Waals surface area (Å²) < 4.78 is 65.3. The maximum Gasteiger partial charge on any atom is 0.121 e. The number of pyridine rings is 2. The van der Waals surface area contributed by atoms with Crippen LogP contribution < -0.4 is 5.19 Å². The first-order chi connectivity index (χ1) is 27.3. The van der Waals surface area contributed by atoms with Crippen molar-refractivity contribution in [2.24, 2.45) is 10.8 Å². The average molecular weight is 900 g/mol. The van der Waals surface area contributed by atoms with E-state index in [1.807, 2.05) is 106 Å². The van der Waals surface area contributed by atoms with E-state index in [1.165, 1.54) is 6.20 Å². The number of hydrogen-bond acceptors (Lipinski definition) is 3. The molecule has 0 saturated heterocycles. The number of furan rings is 1. The fourth-order valence-electron chi connectivity index (χ4n) is 6.10. The molecule has 1 radical (unpaired) electrons. The zero-order valence-electron chi connectivity index (χ0n) is 39.0. The van der Waals surface area contributed by atoms with Gasteiger partial charge in [-0.1, -0.05) is 138 Å². The molecule has 53 heavy (non-hydrogen) atoms. The summed E-state index contributed by atoms with van der Waals surface area (Å²) in [4.78, 5) is 9.05. The summed E-state index contributed by atoms with van der Waals surface area (Å²) in [6, 6.07) is 37.4. The van der Waals surface area contributed by atoms with Crippen LogP contribution in [0.3, 0.4) is 0 Å². The predicted molar refractivity (Wildman–Crippen MR) is 224 cm³/mol. The number of benzene rings is 4. The van der Waals surface area contributed by atoms with E-state index in [9.17, 15) is 0 Å². The van der Waals surface area contributed by atoms with Gasteiger partial charge in [0.2, 0.25) is 0 Å². The summed E-state index contributed by atoms with van der Waals surface area (Å²) in [6.07, 6.45) is -0.179. The molecule has 7 aromatic rings. The molecule has 3 aromatic heterocycles. The van der Waals surface area contributed by atoms with Crippen molar-refractivity contribution in [3.63, 3.8) is 0 Å². The molecule has 3 nitrogen and oxygen atoms in total. The van der Waals surface area contributed by atoms with E-state index in [-0.39, 0.29) is 31.2 Å². The maximum atomic E-state index is 8.81. The van der Waals surface area contributed by atoms with Crippen LogP contribution in [0.2, 0.25) is 19.6 Å². The van der Waals surface area contributed by atoms with Gasteiger partial charge in [0.05, 0.1) is 13.7 Å². The second-order valence-corrected chi connectivity index (χ2v) is 21.3. The van der Waals surface area contributed by atoms with E-state index in [0.717, 1.165) is 49.5 Å². The standard InChI is InChI=1S/C29H26NO.C19H26NSi.Ir/c1-19-18-30-26(15-22(19)17-29(2,3)4)25-12-8-11-24-23-14-13-21(16-27(23)31-28(24)25)20-9-6-5-7-10-20;1-19(2,3)13-16-12-17(15-10-8-7-9-11-15)20-14-18(16)21(4,5)6;/h5-11,13-16,18H,17H2,1-4H3;7-10,12,14H,13H2,1-6H3;/q2*-1;/i1D3,17D2;13D2;. The molecule has 0 unspecified atom stereocenters. The molecule has 0 aliphatic carbocycles. The monoisotopic (exact) mass is 900 g/mol. The topological polar surface area (TPSA) is 38.9 Å². The summed E-state index contributed by atoms with van der Waals surface area (Å²) in [5, 5.41) is 2.93. The number of rotatable bonds is 6. The van der Waals surface area contributed by atoms with Gasteiger partial charge in [0, 0.05) is 47.5 Å². The van der Waals surface area contributed by atoms with Crippen LogP contribution >= 0.6 is 0 Å². The Labute approximate surface area is 341 Å². The smallest absolute Gasteiger partial charge is 0.121 e. The van der Waals surface area contributed by atoms with Gasteiger partial charge in [0.1, 0.15) is 5.58 Å². The van der Waals surface area contributed by atoms with Crippen molar-refractivity contribution in [3.8, 4) is 33.6 Å². The van der Waals surface area contributed by atoms with E-state index in [2.05, 4.69) is 47.8 Å². The average Bonchev–Trinajstić information content (AvgIpc) is 3.55. The minimum absolute atomic E-state index is 0. The van der Waals surface area contributed by atoms with Crippen molar-refractivity contribution in [1.82, 2.24) is 9.97 Å². The van der Waals surface area contributed by atoms with Crippen molar-refractivity contribution in [3.05, 3.63) is 138 Å². The normalized spacial score (nSPS) is 14.7. The van der Waals surface area contributed by atoms with Crippen LogP contribution in [0, 0.1) is 29.8 Å². The molecule has 275 valence electrons. The van der Waals surface area contributed by atoms with Crippen LogP contribution in [0.25, 0.3) is 55.6 Å². The molecule has 0 fully saturated rings. The first kappa shape index (κ1) is 31.2. The Morgan fingerprint density at radius 2 is 1.38 bits per heavy atom. The molecule has 0 amide bonds. The Morgan fingerprint density at radius 3 is 2.04 bits per heavy atom. The Morgan fingerprint density at radius 1 is 0.698 bits per heavy atom. The summed E-state index contributed by atoms with van der Waals surface area (Å²) in [5.74, 6) is 0. The summed E-state index contributed by atoms with van der Waals surface area (Å²) in [5.41, 5.74) is 5.56. The molecule has 0 aliphatic rings. The largest absolute Gasteiger partial charge is 0.501 e. The number of nitrogens with zero attached hydrogens (tertiary/aromatic N) is 2. The van der Waals surface area contributed by atoms with Gasteiger partial charge in [-0.25, -0.2) is 0 Å². The Hall–Kier alpha value is -4.15. The van der Waals surface area contributed by atoms with Crippen LogP contribution in [-0.2, 0) is 32.9 Å². The van der Waals surface area contributed by atoms with E-state index in [1.54, 1.807) is 32.9 Å². The molecule has 0 saturated carbocycles. The number of aryl methyl sites for hydroxylation is 1. The van der Waals surface area contributed by atoms with E-state index < -0.39 is 38.5 Å². The molecule has 0 bridgehead atoms. The zero-order chi connectivity index (χ0) is 43.3.